The summed E-state index contributed by atoms with van der Waals surface area (Å²) in [5.74, 6) is 0.979. The molecule has 2 N–H and O–H groups in total. The highest BCUT2D eigenvalue weighted by Gasteiger charge is 2.17. The number of hydrogen-bond acceptors (Lipinski definition) is 4. The van der Waals surface area contributed by atoms with Crippen molar-refractivity contribution < 1.29 is 14.3 Å². The van der Waals surface area contributed by atoms with Gasteiger partial charge in [-0.1, -0.05) is 11.6 Å². The Bertz CT molecular complexity index is 1040. The van der Waals surface area contributed by atoms with Gasteiger partial charge in [-0.3, -0.25) is 9.36 Å². The summed E-state index contributed by atoms with van der Waals surface area (Å²) in [6, 6.07) is 10.8. The zero-order valence-corrected chi connectivity index (χ0v) is 15.8. The lowest BCUT2D eigenvalue weighted by molar-refractivity contribution is 0.0951. The third kappa shape index (κ3) is 3.70. The smallest absolute Gasteiger partial charge is 0.251 e. The number of H-pyrrole nitrogens is 1. The maximum absolute atomic E-state index is 12.4. The number of fused-ring (bicyclic) bond motifs is 1. The molecular formula is C19H16ClN3O3S. The number of aromatic amines is 1. The largest absolute Gasteiger partial charge is 0.486 e. The Hall–Kier alpha value is -2.77. The second kappa shape index (κ2) is 7.46. The molecule has 1 aliphatic heterocycles. The highest BCUT2D eigenvalue weighted by atomic mass is 35.5. The molecule has 138 valence electrons. The summed E-state index contributed by atoms with van der Waals surface area (Å²) < 4.78 is 13.5. The normalized spacial score (nSPS) is 12.6. The molecule has 3 aromatic rings. The first-order chi connectivity index (χ1) is 13.1. The number of carbonyl (C=O) groups is 1. The van der Waals surface area contributed by atoms with Gasteiger partial charge in [0.25, 0.3) is 5.91 Å². The monoisotopic (exact) mass is 401 g/mol. The molecule has 0 radical (unpaired) electrons. The van der Waals surface area contributed by atoms with E-state index in [0.717, 1.165) is 11.3 Å². The van der Waals surface area contributed by atoms with Crippen molar-refractivity contribution in [2.75, 3.05) is 13.2 Å². The summed E-state index contributed by atoms with van der Waals surface area (Å²) in [5, 5.41) is 3.36. The second-order valence-electron chi connectivity index (χ2n) is 5.97. The van der Waals surface area contributed by atoms with Gasteiger partial charge in [0.2, 0.25) is 0 Å². The third-order valence-electron chi connectivity index (χ3n) is 4.17. The minimum absolute atomic E-state index is 0.176. The minimum atomic E-state index is -0.176. The van der Waals surface area contributed by atoms with Crippen LogP contribution in [0.1, 0.15) is 15.9 Å². The Balaban J connectivity index is 1.44. The average Bonchev–Trinajstić information content (AvgIpc) is 3.12. The molecule has 1 aromatic heterocycles. The van der Waals surface area contributed by atoms with Crippen LogP contribution in [0.4, 0.5) is 0 Å². The number of ether oxygens (including phenoxy) is 2. The van der Waals surface area contributed by atoms with Crippen LogP contribution in [0, 0.1) is 4.77 Å². The molecule has 1 amide bonds. The summed E-state index contributed by atoms with van der Waals surface area (Å²) in [6.45, 7) is 1.29. The summed E-state index contributed by atoms with van der Waals surface area (Å²) in [5.41, 5.74) is 2.29. The molecule has 2 heterocycles. The fraction of sp³-hybridized carbons (Fsp3) is 0.158. The van der Waals surface area contributed by atoms with Crippen LogP contribution in [0.5, 0.6) is 11.5 Å². The quantitative estimate of drug-likeness (QED) is 0.651. The number of nitrogens with zero attached hydrogens (tertiary/aromatic N) is 1. The van der Waals surface area contributed by atoms with Gasteiger partial charge in [-0.05, 0) is 54.2 Å². The molecule has 0 atom stereocenters. The lowest BCUT2D eigenvalue weighted by Gasteiger charge is -2.20. The predicted molar refractivity (Wildman–Crippen MR) is 105 cm³/mol. The van der Waals surface area contributed by atoms with Crippen molar-refractivity contribution in [2.45, 2.75) is 6.54 Å². The van der Waals surface area contributed by atoms with Crippen molar-refractivity contribution in [1.29, 1.82) is 0 Å². The van der Waals surface area contributed by atoms with Crippen molar-refractivity contribution in [3.8, 4) is 17.2 Å². The van der Waals surface area contributed by atoms with Crippen LogP contribution in [0.2, 0.25) is 5.02 Å². The average molecular weight is 402 g/mol. The van der Waals surface area contributed by atoms with Gasteiger partial charge >= 0.3 is 0 Å². The van der Waals surface area contributed by atoms with Crippen LogP contribution in [0.3, 0.4) is 0 Å². The zero-order valence-electron chi connectivity index (χ0n) is 14.2. The lowest BCUT2D eigenvalue weighted by atomic mass is 10.1. The van der Waals surface area contributed by atoms with Crippen LogP contribution in [0.25, 0.3) is 5.69 Å². The van der Waals surface area contributed by atoms with Gasteiger partial charge in [0.1, 0.15) is 13.2 Å². The van der Waals surface area contributed by atoms with Crippen LogP contribution in [-0.2, 0) is 6.54 Å². The number of hydrogen-bond donors (Lipinski definition) is 2. The molecule has 1 aliphatic rings. The van der Waals surface area contributed by atoms with Crippen molar-refractivity contribution in [2.24, 2.45) is 0 Å². The van der Waals surface area contributed by atoms with Crippen molar-refractivity contribution in [3.63, 3.8) is 0 Å². The van der Waals surface area contributed by atoms with Gasteiger partial charge in [0.15, 0.2) is 16.3 Å². The Morgan fingerprint density at radius 1 is 1.22 bits per heavy atom. The first kappa shape index (κ1) is 17.6. The number of aromatic nitrogens is 2. The van der Waals surface area contributed by atoms with E-state index < -0.39 is 0 Å². The van der Waals surface area contributed by atoms with Gasteiger partial charge in [-0.15, -0.1) is 0 Å². The number of amides is 1. The number of rotatable bonds is 4. The van der Waals surface area contributed by atoms with Crippen LogP contribution in [-0.4, -0.2) is 28.7 Å². The predicted octanol–water partition coefficient (Wildman–Crippen LogP) is 3.89. The number of imidazole rings is 1. The van der Waals surface area contributed by atoms with Crippen molar-refractivity contribution in [3.05, 3.63) is 69.7 Å². The van der Waals surface area contributed by atoms with Crippen LogP contribution in [0.15, 0.2) is 48.8 Å². The molecular weight excluding hydrogens is 386 g/mol. The summed E-state index contributed by atoms with van der Waals surface area (Å²) in [4.78, 5) is 15.4. The first-order valence-electron chi connectivity index (χ1n) is 8.34. The van der Waals surface area contributed by atoms with Gasteiger partial charge in [0, 0.05) is 30.2 Å². The molecule has 0 unspecified atom stereocenters. The molecule has 0 saturated heterocycles. The molecule has 0 fully saturated rings. The van der Waals surface area contributed by atoms with Gasteiger partial charge in [-0.2, -0.15) is 0 Å². The second-order valence-corrected chi connectivity index (χ2v) is 6.76. The Morgan fingerprint density at radius 2 is 2.00 bits per heavy atom. The lowest BCUT2D eigenvalue weighted by Crippen LogP contribution is -2.23. The van der Waals surface area contributed by atoms with Crippen LogP contribution >= 0.6 is 23.8 Å². The van der Waals surface area contributed by atoms with E-state index in [4.69, 9.17) is 33.3 Å². The van der Waals surface area contributed by atoms with Crippen molar-refractivity contribution in [1.82, 2.24) is 14.9 Å². The number of carbonyl (C=O) groups excluding carboxylic acids is 1. The molecule has 0 spiro atoms. The highest BCUT2D eigenvalue weighted by molar-refractivity contribution is 7.71. The van der Waals surface area contributed by atoms with Gasteiger partial charge < -0.3 is 19.8 Å². The minimum Gasteiger partial charge on any atom is -0.486 e. The summed E-state index contributed by atoms with van der Waals surface area (Å²) in [7, 11) is 0. The number of benzene rings is 2. The maximum Gasteiger partial charge on any atom is 0.251 e. The van der Waals surface area contributed by atoms with Crippen LogP contribution < -0.4 is 14.8 Å². The summed E-state index contributed by atoms with van der Waals surface area (Å²) in [6.07, 6.45) is 3.60. The standard InChI is InChI=1S/C19H16ClN3O3S/c20-15-9-12(10-16-17(15)26-8-7-25-16)11-22-18(24)13-1-3-14(4-2-13)23-6-5-21-19(23)27/h1-6,9-10H,7-8,11H2,(H,21,27)(H,22,24). The van der Waals surface area contributed by atoms with Gasteiger partial charge in [0.05, 0.1) is 5.02 Å². The number of nitrogens with one attached hydrogen (secondary N) is 2. The van der Waals surface area contributed by atoms with E-state index in [0.29, 0.717) is 46.6 Å². The number of halogens is 1. The first-order valence-corrected chi connectivity index (χ1v) is 9.13. The maximum atomic E-state index is 12.4. The highest BCUT2D eigenvalue weighted by Crippen LogP contribution is 2.38. The topological polar surface area (TPSA) is 68.3 Å². The van der Waals surface area contributed by atoms with E-state index in [-0.39, 0.29) is 5.91 Å². The van der Waals surface area contributed by atoms with E-state index in [2.05, 4.69) is 10.3 Å². The van der Waals surface area contributed by atoms with E-state index >= 15 is 0 Å². The van der Waals surface area contributed by atoms with E-state index in [1.165, 1.54) is 0 Å². The molecule has 0 saturated carbocycles. The molecule has 4 rings (SSSR count). The third-order valence-corrected chi connectivity index (χ3v) is 4.76. The molecule has 8 heteroatoms. The fourth-order valence-electron chi connectivity index (χ4n) is 2.85. The van der Waals surface area contributed by atoms with Crippen molar-refractivity contribution >= 4 is 29.7 Å². The molecule has 27 heavy (non-hydrogen) atoms. The summed E-state index contributed by atoms with van der Waals surface area (Å²) >= 11 is 11.4. The van der Waals surface area contributed by atoms with E-state index in [1.54, 1.807) is 24.4 Å². The van der Waals surface area contributed by atoms with Gasteiger partial charge in [-0.25, -0.2) is 0 Å². The van der Waals surface area contributed by atoms with E-state index in [1.807, 2.05) is 29.0 Å². The Kier molecular flexibility index (Phi) is 4.87. The SMILES string of the molecule is O=C(NCc1cc(Cl)c2c(c1)OCCO2)c1ccc(-n2cc[nH]c2=S)cc1. The zero-order chi connectivity index (χ0) is 18.8. The molecule has 0 aliphatic carbocycles. The van der Waals surface area contributed by atoms with E-state index in [9.17, 15) is 4.79 Å². The Labute approximate surface area is 165 Å². The molecule has 6 nitrogen and oxygen atoms in total. The molecule has 0 bridgehead atoms. The fourth-order valence-corrected chi connectivity index (χ4v) is 3.37. The molecule has 2 aromatic carbocycles. The Morgan fingerprint density at radius 3 is 2.74 bits per heavy atom.